The first kappa shape index (κ1) is 16.5. The first-order chi connectivity index (χ1) is 9.17. The van der Waals surface area contributed by atoms with E-state index in [0.717, 1.165) is 36.3 Å². The van der Waals surface area contributed by atoms with Crippen molar-refractivity contribution in [2.24, 2.45) is 5.92 Å². The molecule has 0 amide bonds. The predicted molar refractivity (Wildman–Crippen MR) is 85.7 cm³/mol. The Morgan fingerprint density at radius 3 is 2.74 bits per heavy atom. The van der Waals surface area contributed by atoms with E-state index in [0.29, 0.717) is 5.92 Å². The van der Waals surface area contributed by atoms with Crippen LogP contribution in [0, 0.1) is 5.92 Å². The fourth-order valence-electron chi connectivity index (χ4n) is 2.03. The molecule has 1 aromatic rings. The first-order valence-electron chi connectivity index (χ1n) is 7.29. The van der Waals surface area contributed by atoms with E-state index in [1.165, 1.54) is 18.4 Å². The second kappa shape index (κ2) is 9.38. The van der Waals surface area contributed by atoms with Crippen molar-refractivity contribution in [2.45, 2.75) is 46.6 Å². The van der Waals surface area contributed by atoms with Crippen molar-refractivity contribution in [3.63, 3.8) is 0 Å². The van der Waals surface area contributed by atoms with E-state index in [9.17, 15) is 0 Å². The van der Waals surface area contributed by atoms with Gasteiger partial charge in [0.25, 0.3) is 0 Å². The average Bonchev–Trinajstić information content (AvgIpc) is 2.38. The summed E-state index contributed by atoms with van der Waals surface area (Å²) in [5.74, 6) is 1.62. The number of hydrogen-bond donors (Lipinski definition) is 1. The Balaban J connectivity index is 2.59. The standard InChI is InChI=1S/C16H26BrNO/c1-4-6-13(3)12-19-16-8-7-15(17)10-14(16)11-18-9-5-2/h7-8,10,13,18H,4-6,9,11-12H2,1-3H3. The number of rotatable bonds is 9. The van der Waals surface area contributed by atoms with Crippen LogP contribution in [-0.2, 0) is 6.54 Å². The molecule has 108 valence electrons. The molecule has 0 aliphatic heterocycles. The molecule has 0 saturated carbocycles. The highest BCUT2D eigenvalue weighted by atomic mass is 79.9. The normalized spacial score (nSPS) is 12.4. The Morgan fingerprint density at radius 2 is 2.05 bits per heavy atom. The van der Waals surface area contributed by atoms with Gasteiger partial charge < -0.3 is 10.1 Å². The SMILES string of the molecule is CCCNCc1cc(Br)ccc1OCC(C)CCC. The molecule has 0 bridgehead atoms. The third-order valence-corrected chi connectivity index (χ3v) is 3.56. The van der Waals surface area contributed by atoms with Gasteiger partial charge in [0.15, 0.2) is 0 Å². The summed E-state index contributed by atoms with van der Waals surface area (Å²) in [4.78, 5) is 0. The Bertz CT molecular complexity index is 368. The zero-order valence-electron chi connectivity index (χ0n) is 12.3. The Kier molecular flexibility index (Phi) is 8.15. The van der Waals surface area contributed by atoms with E-state index >= 15 is 0 Å². The van der Waals surface area contributed by atoms with Gasteiger partial charge in [-0.25, -0.2) is 0 Å². The summed E-state index contributed by atoms with van der Waals surface area (Å²) in [6.45, 7) is 9.35. The van der Waals surface area contributed by atoms with Gasteiger partial charge in [0.05, 0.1) is 6.61 Å². The summed E-state index contributed by atoms with van der Waals surface area (Å²) in [5, 5.41) is 3.43. The highest BCUT2D eigenvalue weighted by Crippen LogP contribution is 2.24. The molecule has 0 fully saturated rings. The van der Waals surface area contributed by atoms with Crippen molar-refractivity contribution in [1.82, 2.24) is 5.32 Å². The monoisotopic (exact) mass is 327 g/mol. The third-order valence-electron chi connectivity index (χ3n) is 3.07. The molecule has 0 heterocycles. The lowest BCUT2D eigenvalue weighted by atomic mass is 10.1. The van der Waals surface area contributed by atoms with E-state index in [1.807, 2.05) is 6.07 Å². The molecule has 1 atom stereocenters. The van der Waals surface area contributed by atoms with Gasteiger partial charge in [-0.05, 0) is 43.5 Å². The van der Waals surface area contributed by atoms with Crippen LogP contribution in [0.1, 0.15) is 45.6 Å². The van der Waals surface area contributed by atoms with E-state index in [4.69, 9.17) is 4.74 Å². The summed E-state index contributed by atoms with van der Waals surface area (Å²) in [6.07, 6.45) is 3.59. The van der Waals surface area contributed by atoms with Crippen LogP contribution in [0.15, 0.2) is 22.7 Å². The zero-order valence-corrected chi connectivity index (χ0v) is 13.9. The Hall–Kier alpha value is -0.540. The molecule has 3 heteroatoms. The lowest BCUT2D eigenvalue weighted by molar-refractivity contribution is 0.249. The number of halogens is 1. The molecule has 1 unspecified atom stereocenters. The fraction of sp³-hybridized carbons (Fsp3) is 0.625. The summed E-state index contributed by atoms with van der Waals surface area (Å²) in [6, 6.07) is 6.25. The molecular formula is C16H26BrNO. The van der Waals surface area contributed by atoms with E-state index in [2.05, 4.69) is 54.2 Å². The number of hydrogen-bond acceptors (Lipinski definition) is 2. The summed E-state index contributed by atoms with van der Waals surface area (Å²) in [7, 11) is 0. The van der Waals surface area contributed by atoms with Crippen LogP contribution in [0.4, 0.5) is 0 Å². The largest absolute Gasteiger partial charge is 0.493 e. The quantitative estimate of drug-likeness (QED) is 0.660. The van der Waals surface area contributed by atoms with Gasteiger partial charge in [-0.2, -0.15) is 0 Å². The molecule has 0 radical (unpaired) electrons. The lowest BCUT2D eigenvalue weighted by Crippen LogP contribution is -2.16. The van der Waals surface area contributed by atoms with Gasteiger partial charge in [0.2, 0.25) is 0 Å². The van der Waals surface area contributed by atoms with Crippen LogP contribution < -0.4 is 10.1 Å². The highest BCUT2D eigenvalue weighted by Gasteiger charge is 2.07. The van der Waals surface area contributed by atoms with E-state index in [1.54, 1.807) is 0 Å². The minimum Gasteiger partial charge on any atom is -0.493 e. The predicted octanol–water partition coefficient (Wildman–Crippen LogP) is 4.76. The van der Waals surface area contributed by atoms with Gasteiger partial charge in [-0.3, -0.25) is 0 Å². The van der Waals surface area contributed by atoms with E-state index in [-0.39, 0.29) is 0 Å². The Labute approximate surface area is 126 Å². The molecular weight excluding hydrogens is 302 g/mol. The van der Waals surface area contributed by atoms with Crippen molar-refractivity contribution in [3.8, 4) is 5.75 Å². The minimum absolute atomic E-state index is 0.616. The second-order valence-corrected chi connectivity index (χ2v) is 6.05. The molecule has 0 aromatic heterocycles. The van der Waals surface area contributed by atoms with Gasteiger partial charge >= 0.3 is 0 Å². The summed E-state index contributed by atoms with van der Waals surface area (Å²) >= 11 is 3.53. The van der Waals surface area contributed by atoms with Crippen LogP contribution in [0.25, 0.3) is 0 Å². The van der Waals surface area contributed by atoms with Crippen molar-refractivity contribution in [3.05, 3.63) is 28.2 Å². The van der Waals surface area contributed by atoms with Crippen molar-refractivity contribution in [1.29, 1.82) is 0 Å². The van der Waals surface area contributed by atoms with Gasteiger partial charge in [-0.1, -0.05) is 43.1 Å². The van der Waals surface area contributed by atoms with Crippen molar-refractivity contribution < 1.29 is 4.74 Å². The molecule has 0 saturated heterocycles. The molecule has 1 rings (SSSR count). The first-order valence-corrected chi connectivity index (χ1v) is 8.08. The molecule has 19 heavy (non-hydrogen) atoms. The average molecular weight is 328 g/mol. The number of nitrogens with one attached hydrogen (secondary N) is 1. The lowest BCUT2D eigenvalue weighted by Gasteiger charge is -2.16. The summed E-state index contributed by atoms with van der Waals surface area (Å²) in [5.41, 5.74) is 1.23. The summed E-state index contributed by atoms with van der Waals surface area (Å²) < 4.78 is 7.08. The molecule has 0 spiro atoms. The van der Waals surface area contributed by atoms with Gasteiger partial charge in [0, 0.05) is 16.6 Å². The second-order valence-electron chi connectivity index (χ2n) is 5.13. The van der Waals surface area contributed by atoms with E-state index < -0.39 is 0 Å². The van der Waals surface area contributed by atoms with Gasteiger partial charge in [-0.15, -0.1) is 0 Å². The number of ether oxygens (including phenoxy) is 1. The minimum atomic E-state index is 0.616. The van der Waals surface area contributed by atoms with Crippen molar-refractivity contribution in [2.75, 3.05) is 13.2 Å². The molecule has 0 aliphatic carbocycles. The number of benzene rings is 1. The van der Waals surface area contributed by atoms with Crippen LogP contribution in [-0.4, -0.2) is 13.2 Å². The third kappa shape index (κ3) is 6.44. The maximum atomic E-state index is 5.98. The van der Waals surface area contributed by atoms with Crippen LogP contribution in [0.5, 0.6) is 5.75 Å². The molecule has 1 N–H and O–H groups in total. The van der Waals surface area contributed by atoms with Crippen LogP contribution >= 0.6 is 15.9 Å². The smallest absolute Gasteiger partial charge is 0.123 e. The fourth-order valence-corrected chi connectivity index (χ4v) is 2.44. The zero-order chi connectivity index (χ0) is 14.1. The maximum absolute atomic E-state index is 5.98. The maximum Gasteiger partial charge on any atom is 0.123 e. The van der Waals surface area contributed by atoms with Crippen LogP contribution in [0.2, 0.25) is 0 Å². The molecule has 2 nitrogen and oxygen atoms in total. The topological polar surface area (TPSA) is 21.3 Å². The van der Waals surface area contributed by atoms with Gasteiger partial charge in [0.1, 0.15) is 5.75 Å². The molecule has 1 aromatic carbocycles. The molecule has 0 aliphatic rings. The van der Waals surface area contributed by atoms with Crippen LogP contribution in [0.3, 0.4) is 0 Å². The Morgan fingerprint density at radius 1 is 1.26 bits per heavy atom. The van der Waals surface area contributed by atoms with Crippen molar-refractivity contribution >= 4 is 15.9 Å². The highest BCUT2D eigenvalue weighted by molar-refractivity contribution is 9.10.